The van der Waals surface area contributed by atoms with E-state index in [2.05, 4.69) is 16.9 Å². The van der Waals surface area contributed by atoms with Gasteiger partial charge in [0.2, 0.25) is 0 Å². The van der Waals surface area contributed by atoms with Crippen LogP contribution >= 0.6 is 0 Å². The molecule has 0 radical (unpaired) electrons. The molecule has 4 heteroatoms. The van der Waals surface area contributed by atoms with Crippen LogP contribution in [0.4, 0.5) is 0 Å². The second-order valence-corrected chi connectivity index (χ2v) is 6.50. The highest BCUT2D eigenvalue weighted by molar-refractivity contribution is 5.63. The van der Waals surface area contributed by atoms with Crippen LogP contribution in [-0.4, -0.2) is 20.1 Å². The van der Waals surface area contributed by atoms with Crippen molar-refractivity contribution in [2.45, 2.75) is 43.7 Å². The molecule has 0 bridgehead atoms. The third-order valence-corrected chi connectivity index (χ3v) is 5.30. The van der Waals surface area contributed by atoms with Crippen LogP contribution in [0.15, 0.2) is 43.0 Å². The molecule has 0 unspecified atom stereocenters. The van der Waals surface area contributed by atoms with Crippen molar-refractivity contribution in [3.05, 3.63) is 48.7 Å². The van der Waals surface area contributed by atoms with Crippen LogP contribution in [0.2, 0.25) is 0 Å². The molecule has 2 aromatic rings. The van der Waals surface area contributed by atoms with Crippen molar-refractivity contribution in [2.75, 3.05) is 0 Å². The normalized spacial score (nSPS) is 30.4. The number of nitrogens with zero attached hydrogens (tertiary/aromatic N) is 3. The van der Waals surface area contributed by atoms with E-state index in [1.54, 1.807) is 0 Å². The largest absolute Gasteiger partial charge is 0.383 e. The van der Waals surface area contributed by atoms with Crippen LogP contribution in [0.1, 0.15) is 43.8 Å². The van der Waals surface area contributed by atoms with Gasteiger partial charge < -0.3 is 5.11 Å². The standard InChI is InChI=1S/C18H21N3O/c1-2-15-12-14-10-6-7-11-18(14,22)17-16(19-20-21(15)17)13-8-4-3-5-9-13/h2-5,8-9,14-15,22H,1,6-7,10-12H2/t14-,15-,18+/m0/s1. The number of hydrogen-bond donors (Lipinski definition) is 1. The number of allylic oxidation sites excluding steroid dienone is 1. The van der Waals surface area contributed by atoms with Gasteiger partial charge in [-0.2, -0.15) is 0 Å². The Kier molecular flexibility index (Phi) is 3.15. The molecular weight excluding hydrogens is 274 g/mol. The van der Waals surface area contributed by atoms with Crippen molar-refractivity contribution in [1.29, 1.82) is 0 Å². The smallest absolute Gasteiger partial charge is 0.119 e. The Labute approximate surface area is 130 Å². The van der Waals surface area contributed by atoms with Crippen molar-refractivity contribution in [1.82, 2.24) is 15.0 Å². The molecule has 22 heavy (non-hydrogen) atoms. The summed E-state index contributed by atoms with van der Waals surface area (Å²) in [4.78, 5) is 0. The number of rotatable bonds is 2. The number of hydrogen-bond acceptors (Lipinski definition) is 3. The third kappa shape index (κ3) is 1.87. The quantitative estimate of drug-likeness (QED) is 0.863. The molecule has 0 spiro atoms. The van der Waals surface area contributed by atoms with Gasteiger partial charge in [0.05, 0.1) is 11.7 Å². The van der Waals surface area contributed by atoms with Crippen LogP contribution in [0.3, 0.4) is 0 Å². The van der Waals surface area contributed by atoms with E-state index in [0.717, 1.165) is 42.6 Å². The lowest BCUT2D eigenvalue weighted by atomic mass is 9.68. The summed E-state index contributed by atoms with van der Waals surface area (Å²) < 4.78 is 1.90. The summed E-state index contributed by atoms with van der Waals surface area (Å²) in [5, 5.41) is 20.2. The maximum atomic E-state index is 11.5. The molecule has 1 fully saturated rings. The first kappa shape index (κ1) is 13.7. The SMILES string of the molecule is C=C[C@H]1C[C@@H]2CCCC[C@]2(O)c2c(-c3ccccc3)nnn21. The van der Waals surface area contributed by atoms with Crippen molar-refractivity contribution in [2.24, 2.45) is 5.92 Å². The predicted octanol–water partition coefficient (Wildman–Crippen LogP) is 3.45. The lowest BCUT2D eigenvalue weighted by molar-refractivity contribution is -0.0811. The highest BCUT2D eigenvalue weighted by Crippen LogP contribution is 2.51. The number of aromatic nitrogens is 3. The van der Waals surface area contributed by atoms with Gasteiger partial charge in [0.15, 0.2) is 0 Å². The minimum Gasteiger partial charge on any atom is -0.383 e. The molecule has 2 heterocycles. The highest BCUT2D eigenvalue weighted by Gasteiger charge is 2.49. The molecule has 1 aromatic heterocycles. The van der Waals surface area contributed by atoms with Crippen molar-refractivity contribution in [3.63, 3.8) is 0 Å². The molecule has 3 atom stereocenters. The Morgan fingerprint density at radius 2 is 2.09 bits per heavy atom. The van der Waals surface area contributed by atoms with Crippen LogP contribution in [-0.2, 0) is 5.60 Å². The van der Waals surface area contributed by atoms with Crippen LogP contribution in [0, 0.1) is 5.92 Å². The second kappa shape index (κ2) is 5.06. The predicted molar refractivity (Wildman–Crippen MR) is 85.2 cm³/mol. The first-order valence-electron chi connectivity index (χ1n) is 8.10. The van der Waals surface area contributed by atoms with Crippen LogP contribution in [0.25, 0.3) is 11.3 Å². The van der Waals surface area contributed by atoms with Gasteiger partial charge in [-0.15, -0.1) is 11.7 Å². The van der Waals surface area contributed by atoms with Crippen molar-refractivity contribution < 1.29 is 5.11 Å². The highest BCUT2D eigenvalue weighted by atomic mass is 16.3. The van der Waals surface area contributed by atoms with Crippen molar-refractivity contribution in [3.8, 4) is 11.3 Å². The fourth-order valence-corrected chi connectivity index (χ4v) is 4.16. The molecule has 114 valence electrons. The Morgan fingerprint density at radius 3 is 2.86 bits per heavy atom. The van der Waals surface area contributed by atoms with E-state index in [4.69, 9.17) is 0 Å². The summed E-state index contributed by atoms with van der Waals surface area (Å²) >= 11 is 0. The Balaban J connectivity index is 1.92. The molecule has 1 aliphatic carbocycles. The average Bonchev–Trinajstić information content (AvgIpc) is 3.01. The first-order valence-corrected chi connectivity index (χ1v) is 8.10. The lowest BCUT2D eigenvalue weighted by Crippen LogP contribution is -2.45. The van der Waals surface area contributed by atoms with Crippen LogP contribution in [0.5, 0.6) is 0 Å². The summed E-state index contributed by atoms with van der Waals surface area (Å²) in [6, 6.07) is 10.2. The molecule has 0 saturated heterocycles. The van der Waals surface area contributed by atoms with E-state index in [9.17, 15) is 5.11 Å². The number of benzene rings is 1. The summed E-state index contributed by atoms with van der Waals surface area (Å²) in [5.74, 6) is 0.276. The lowest BCUT2D eigenvalue weighted by Gasteiger charge is -2.45. The van der Waals surface area contributed by atoms with Crippen molar-refractivity contribution >= 4 is 0 Å². The molecular formula is C18H21N3O. The summed E-state index contributed by atoms with van der Waals surface area (Å²) in [6.45, 7) is 3.96. The summed E-state index contributed by atoms with van der Waals surface area (Å²) in [5.41, 5.74) is 1.93. The van der Waals surface area contributed by atoms with Gasteiger partial charge in [0.25, 0.3) is 0 Å². The van der Waals surface area contributed by atoms with E-state index in [-0.39, 0.29) is 12.0 Å². The molecule has 2 aliphatic rings. The van der Waals surface area contributed by atoms with E-state index in [1.807, 2.05) is 41.1 Å². The fourth-order valence-electron chi connectivity index (χ4n) is 4.16. The second-order valence-electron chi connectivity index (χ2n) is 6.50. The Bertz CT molecular complexity index is 694. The van der Waals surface area contributed by atoms with Gasteiger partial charge in [-0.3, -0.25) is 0 Å². The molecule has 1 aliphatic heterocycles. The van der Waals surface area contributed by atoms with Gasteiger partial charge in [0, 0.05) is 5.56 Å². The minimum atomic E-state index is -0.799. The molecule has 4 rings (SSSR count). The van der Waals surface area contributed by atoms with Gasteiger partial charge in [-0.1, -0.05) is 54.5 Å². The molecule has 1 N–H and O–H groups in total. The maximum absolute atomic E-state index is 11.5. The fraction of sp³-hybridized carbons (Fsp3) is 0.444. The zero-order valence-electron chi connectivity index (χ0n) is 12.7. The Morgan fingerprint density at radius 1 is 1.27 bits per heavy atom. The zero-order chi connectivity index (χ0) is 15.2. The monoisotopic (exact) mass is 295 g/mol. The topological polar surface area (TPSA) is 50.9 Å². The minimum absolute atomic E-state index is 0.128. The first-order chi connectivity index (χ1) is 10.7. The van der Waals surface area contributed by atoms with E-state index >= 15 is 0 Å². The maximum Gasteiger partial charge on any atom is 0.119 e. The van der Waals surface area contributed by atoms with E-state index in [1.165, 1.54) is 6.42 Å². The zero-order valence-corrected chi connectivity index (χ0v) is 12.7. The molecule has 0 amide bonds. The van der Waals surface area contributed by atoms with E-state index in [0.29, 0.717) is 0 Å². The average molecular weight is 295 g/mol. The van der Waals surface area contributed by atoms with E-state index < -0.39 is 5.60 Å². The van der Waals surface area contributed by atoms with Gasteiger partial charge in [-0.05, 0) is 25.2 Å². The van der Waals surface area contributed by atoms with Crippen LogP contribution < -0.4 is 0 Å². The third-order valence-electron chi connectivity index (χ3n) is 5.30. The Hall–Kier alpha value is -1.94. The van der Waals surface area contributed by atoms with Gasteiger partial charge in [-0.25, -0.2) is 4.68 Å². The number of aliphatic hydroxyl groups is 1. The van der Waals surface area contributed by atoms with Gasteiger partial charge in [0.1, 0.15) is 11.3 Å². The molecule has 1 aromatic carbocycles. The number of fused-ring (bicyclic) bond motifs is 3. The molecule has 4 nitrogen and oxygen atoms in total. The summed E-state index contributed by atoms with van der Waals surface area (Å²) in [6.07, 6.45) is 6.96. The summed E-state index contributed by atoms with van der Waals surface area (Å²) in [7, 11) is 0. The van der Waals surface area contributed by atoms with Gasteiger partial charge >= 0.3 is 0 Å². The molecule has 1 saturated carbocycles.